The van der Waals surface area contributed by atoms with Gasteiger partial charge in [-0.25, -0.2) is 0 Å². The maximum atomic E-state index is 11.6. The number of benzene rings is 1. The first-order valence-electron chi connectivity index (χ1n) is 5.84. The molecule has 1 aliphatic rings. The van der Waals surface area contributed by atoms with Crippen LogP contribution in [0.15, 0.2) is 24.3 Å². The zero-order valence-electron chi connectivity index (χ0n) is 9.60. The third kappa shape index (κ3) is 2.00. The number of carbonyl (C=O) groups is 1. The van der Waals surface area contributed by atoms with E-state index < -0.39 is 11.4 Å². The SMILES string of the molecule is NC1CCC(C(=O)O)(c2ccccc2O)CC1. The Balaban J connectivity index is 2.42. The molecule has 1 aromatic carbocycles. The summed E-state index contributed by atoms with van der Waals surface area (Å²) in [6.07, 6.45) is 2.34. The number of aliphatic carboxylic acids is 1. The van der Waals surface area contributed by atoms with E-state index in [0.29, 0.717) is 31.2 Å². The van der Waals surface area contributed by atoms with E-state index in [1.54, 1.807) is 18.2 Å². The normalized spacial score (nSPS) is 28.9. The summed E-state index contributed by atoms with van der Waals surface area (Å²) in [7, 11) is 0. The standard InChI is InChI=1S/C13H17NO3/c14-9-5-7-13(8-6-9,12(16)17)10-3-1-2-4-11(10)15/h1-4,9,15H,5-8,14H2,(H,16,17). The minimum Gasteiger partial charge on any atom is -0.508 e. The Morgan fingerprint density at radius 2 is 1.88 bits per heavy atom. The molecule has 0 bridgehead atoms. The van der Waals surface area contributed by atoms with Gasteiger partial charge in [-0.3, -0.25) is 4.79 Å². The van der Waals surface area contributed by atoms with E-state index in [-0.39, 0.29) is 11.8 Å². The maximum absolute atomic E-state index is 11.6. The van der Waals surface area contributed by atoms with Gasteiger partial charge in [-0.05, 0) is 31.7 Å². The van der Waals surface area contributed by atoms with Gasteiger partial charge in [0.2, 0.25) is 0 Å². The van der Waals surface area contributed by atoms with Crippen LogP contribution in [0.3, 0.4) is 0 Å². The molecule has 1 fully saturated rings. The molecule has 0 spiro atoms. The molecular formula is C13H17NO3. The highest BCUT2D eigenvalue weighted by Gasteiger charge is 2.44. The highest BCUT2D eigenvalue weighted by atomic mass is 16.4. The smallest absolute Gasteiger partial charge is 0.314 e. The van der Waals surface area contributed by atoms with Gasteiger partial charge in [-0.2, -0.15) is 0 Å². The van der Waals surface area contributed by atoms with Gasteiger partial charge >= 0.3 is 5.97 Å². The molecule has 0 heterocycles. The van der Waals surface area contributed by atoms with Crippen molar-refractivity contribution in [3.05, 3.63) is 29.8 Å². The van der Waals surface area contributed by atoms with Crippen molar-refractivity contribution in [2.75, 3.05) is 0 Å². The van der Waals surface area contributed by atoms with Crippen LogP contribution in [0.25, 0.3) is 0 Å². The zero-order chi connectivity index (χ0) is 12.5. The summed E-state index contributed by atoms with van der Waals surface area (Å²) in [5.41, 5.74) is 5.36. The van der Waals surface area contributed by atoms with Gasteiger partial charge in [0, 0.05) is 11.6 Å². The molecular weight excluding hydrogens is 218 g/mol. The molecule has 2 rings (SSSR count). The number of hydrogen-bond acceptors (Lipinski definition) is 3. The fraction of sp³-hybridized carbons (Fsp3) is 0.462. The molecule has 0 saturated heterocycles. The minimum absolute atomic E-state index is 0.0605. The molecule has 4 nitrogen and oxygen atoms in total. The summed E-state index contributed by atoms with van der Waals surface area (Å²) in [6, 6.07) is 6.76. The van der Waals surface area contributed by atoms with Crippen LogP contribution in [0.1, 0.15) is 31.2 Å². The predicted molar refractivity (Wildman–Crippen MR) is 63.9 cm³/mol. The second-order valence-electron chi connectivity index (χ2n) is 4.74. The summed E-state index contributed by atoms with van der Waals surface area (Å²) in [5.74, 6) is -0.809. The third-order valence-corrected chi connectivity index (χ3v) is 3.71. The van der Waals surface area contributed by atoms with Crippen LogP contribution in [0, 0.1) is 0 Å². The average molecular weight is 235 g/mol. The molecule has 0 aliphatic heterocycles. The van der Waals surface area contributed by atoms with Gasteiger partial charge in [-0.1, -0.05) is 18.2 Å². The third-order valence-electron chi connectivity index (χ3n) is 3.71. The summed E-state index contributed by atoms with van der Waals surface area (Å²) < 4.78 is 0. The fourth-order valence-electron chi connectivity index (χ4n) is 2.61. The Bertz CT molecular complexity index is 422. The molecule has 0 atom stereocenters. The Hall–Kier alpha value is -1.55. The van der Waals surface area contributed by atoms with E-state index in [4.69, 9.17) is 5.73 Å². The molecule has 4 heteroatoms. The predicted octanol–water partition coefficient (Wildman–Crippen LogP) is 1.62. The summed E-state index contributed by atoms with van der Waals surface area (Å²) in [6.45, 7) is 0. The quantitative estimate of drug-likeness (QED) is 0.727. The van der Waals surface area contributed by atoms with Gasteiger partial charge in [0.25, 0.3) is 0 Å². The Morgan fingerprint density at radius 1 is 1.29 bits per heavy atom. The summed E-state index contributed by atoms with van der Waals surface area (Å²) >= 11 is 0. The van der Waals surface area contributed by atoms with Gasteiger partial charge in [0.15, 0.2) is 0 Å². The molecule has 0 aromatic heterocycles. The van der Waals surface area contributed by atoms with E-state index in [1.165, 1.54) is 6.07 Å². The number of nitrogens with two attached hydrogens (primary N) is 1. The number of para-hydroxylation sites is 1. The van der Waals surface area contributed by atoms with Crippen molar-refractivity contribution in [3.63, 3.8) is 0 Å². The lowest BCUT2D eigenvalue weighted by atomic mass is 9.68. The van der Waals surface area contributed by atoms with Crippen LogP contribution in [-0.4, -0.2) is 22.2 Å². The number of hydrogen-bond donors (Lipinski definition) is 3. The zero-order valence-corrected chi connectivity index (χ0v) is 9.60. The van der Waals surface area contributed by atoms with Gasteiger partial charge in [0.05, 0.1) is 5.41 Å². The largest absolute Gasteiger partial charge is 0.508 e. The Kier molecular flexibility index (Phi) is 3.07. The molecule has 1 saturated carbocycles. The number of carboxylic acid groups (broad SMARTS) is 1. The van der Waals surface area contributed by atoms with Gasteiger partial charge in [0.1, 0.15) is 5.75 Å². The number of carboxylic acids is 1. The van der Waals surface area contributed by atoms with Crippen LogP contribution in [-0.2, 0) is 10.2 Å². The lowest BCUT2D eigenvalue weighted by Crippen LogP contribution is -2.42. The van der Waals surface area contributed by atoms with Crippen LogP contribution < -0.4 is 5.73 Å². The van der Waals surface area contributed by atoms with Gasteiger partial charge in [-0.15, -0.1) is 0 Å². The topological polar surface area (TPSA) is 83.6 Å². The lowest BCUT2D eigenvalue weighted by molar-refractivity contribution is -0.145. The molecule has 92 valence electrons. The van der Waals surface area contributed by atoms with E-state index in [9.17, 15) is 15.0 Å². The second-order valence-corrected chi connectivity index (χ2v) is 4.74. The number of rotatable bonds is 2. The maximum Gasteiger partial charge on any atom is 0.314 e. The molecule has 1 aliphatic carbocycles. The summed E-state index contributed by atoms with van der Waals surface area (Å²) in [5, 5.41) is 19.3. The van der Waals surface area contributed by atoms with Crippen molar-refractivity contribution in [1.29, 1.82) is 0 Å². The first kappa shape index (κ1) is 11.9. The van der Waals surface area contributed by atoms with Crippen molar-refractivity contribution in [1.82, 2.24) is 0 Å². The van der Waals surface area contributed by atoms with E-state index in [0.717, 1.165) is 0 Å². The Morgan fingerprint density at radius 3 is 2.41 bits per heavy atom. The molecule has 0 unspecified atom stereocenters. The van der Waals surface area contributed by atoms with Crippen LogP contribution in [0.4, 0.5) is 0 Å². The molecule has 0 radical (unpaired) electrons. The van der Waals surface area contributed by atoms with Crippen molar-refractivity contribution in [2.24, 2.45) is 5.73 Å². The number of phenols is 1. The monoisotopic (exact) mass is 235 g/mol. The van der Waals surface area contributed by atoms with Crippen molar-refractivity contribution in [2.45, 2.75) is 37.1 Å². The average Bonchev–Trinajstić information content (AvgIpc) is 2.31. The highest BCUT2D eigenvalue weighted by molar-refractivity contribution is 5.82. The molecule has 1 aromatic rings. The first-order chi connectivity index (χ1) is 8.06. The molecule has 17 heavy (non-hydrogen) atoms. The molecule has 4 N–H and O–H groups in total. The minimum atomic E-state index is -0.971. The fourth-order valence-corrected chi connectivity index (χ4v) is 2.61. The van der Waals surface area contributed by atoms with Crippen molar-refractivity contribution >= 4 is 5.97 Å². The van der Waals surface area contributed by atoms with E-state index in [1.807, 2.05) is 0 Å². The first-order valence-corrected chi connectivity index (χ1v) is 5.84. The Labute approximate surface area is 100 Å². The van der Waals surface area contributed by atoms with Crippen molar-refractivity contribution in [3.8, 4) is 5.75 Å². The van der Waals surface area contributed by atoms with E-state index in [2.05, 4.69) is 0 Å². The van der Waals surface area contributed by atoms with Crippen LogP contribution >= 0.6 is 0 Å². The lowest BCUT2D eigenvalue weighted by Gasteiger charge is -2.36. The van der Waals surface area contributed by atoms with Crippen LogP contribution in [0.2, 0.25) is 0 Å². The molecule has 0 amide bonds. The number of phenolic OH excluding ortho intramolecular Hbond substituents is 1. The number of aromatic hydroxyl groups is 1. The second kappa shape index (κ2) is 4.37. The van der Waals surface area contributed by atoms with Crippen LogP contribution in [0.5, 0.6) is 5.75 Å². The summed E-state index contributed by atoms with van der Waals surface area (Å²) in [4.78, 5) is 11.6. The van der Waals surface area contributed by atoms with E-state index >= 15 is 0 Å². The highest BCUT2D eigenvalue weighted by Crippen LogP contribution is 2.42. The van der Waals surface area contributed by atoms with Gasteiger partial charge < -0.3 is 15.9 Å². The van der Waals surface area contributed by atoms with Crippen molar-refractivity contribution < 1.29 is 15.0 Å².